The van der Waals surface area contributed by atoms with Crippen LogP contribution in [0.3, 0.4) is 0 Å². The third-order valence-corrected chi connectivity index (χ3v) is 4.45. The molecular weight excluding hydrogens is 328 g/mol. The van der Waals surface area contributed by atoms with Crippen LogP contribution in [-0.2, 0) is 5.54 Å². The largest absolute Gasteiger partial charge is 0.495 e. The van der Waals surface area contributed by atoms with Gasteiger partial charge in [0, 0.05) is 12.1 Å². The molecule has 1 saturated carbocycles. The molecule has 1 aliphatic carbocycles. The Balaban J connectivity index is 1.76. The van der Waals surface area contributed by atoms with E-state index in [0.717, 1.165) is 18.4 Å². The number of carbonyl (C=O) groups excluding carboxylic acids is 1. The van der Waals surface area contributed by atoms with Crippen LogP contribution in [0.5, 0.6) is 11.5 Å². The Morgan fingerprint density at radius 2 is 1.75 bits per heavy atom. The number of halogens is 1. The summed E-state index contributed by atoms with van der Waals surface area (Å²) in [5.41, 5.74) is 1.33. The van der Waals surface area contributed by atoms with Crippen molar-refractivity contribution in [2.75, 3.05) is 19.5 Å². The zero-order valence-electron chi connectivity index (χ0n) is 13.6. The number of hydrogen-bond acceptors (Lipinski definition) is 3. The SMILES string of the molecule is COc1cc(NC(=O)NC2(c3ccccc3)CC2)c(OC)cc1Cl. The summed E-state index contributed by atoms with van der Waals surface area (Å²) >= 11 is 6.08. The first kappa shape index (κ1) is 16.5. The summed E-state index contributed by atoms with van der Waals surface area (Å²) in [6.45, 7) is 0. The molecule has 0 bridgehead atoms. The monoisotopic (exact) mass is 346 g/mol. The van der Waals surface area contributed by atoms with Gasteiger partial charge in [-0.05, 0) is 18.4 Å². The van der Waals surface area contributed by atoms with Crippen LogP contribution in [-0.4, -0.2) is 20.3 Å². The van der Waals surface area contributed by atoms with E-state index in [1.165, 1.54) is 14.2 Å². The predicted molar refractivity (Wildman–Crippen MR) is 94.1 cm³/mol. The zero-order valence-corrected chi connectivity index (χ0v) is 14.3. The molecule has 0 saturated heterocycles. The molecule has 0 aromatic heterocycles. The van der Waals surface area contributed by atoms with E-state index in [0.29, 0.717) is 22.2 Å². The van der Waals surface area contributed by atoms with Crippen LogP contribution < -0.4 is 20.1 Å². The van der Waals surface area contributed by atoms with Gasteiger partial charge >= 0.3 is 6.03 Å². The predicted octanol–water partition coefficient (Wildman–Crippen LogP) is 4.17. The van der Waals surface area contributed by atoms with Gasteiger partial charge in [0.2, 0.25) is 0 Å². The first-order valence-electron chi connectivity index (χ1n) is 7.64. The van der Waals surface area contributed by atoms with E-state index in [9.17, 15) is 4.79 Å². The maximum absolute atomic E-state index is 12.4. The van der Waals surface area contributed by atoms with Gasteiger partial charge in [-0.25, -0.2) is 4.79 Å². The number of methoxy groups -OCH3 is 2. The lowest BCUT2D eigenvalue weighted by atomic mass is 10.1. The molecule has 0 atom stereocenters. The number of anilines is 1. The first-order chi connectivity index (χ1) is 11.6. The van der Waals surface area contributed by atoms with Gasteiger partial charge in [-0.15, -0.1) is 0 Å². The van der Waals surface area contributed by atoms with Crippen LogP contribution >= 0.6 is 11.6 Å². The minimum absolute atomic E-state index is 0.283. The van der Waals surface area contributed by atoms with Crippen LogP contribution in [0.4, 0.5) is 10.5 Å². The highest BCUT2D eigenvalue weighted by Crippen LogP contribution is 2.45. The van der Waals surface area contributed by atoms with Crippen LogP contribution in [0.2, 0.25) is 5.02 Å². The molecule has 0 unspecified atom stereocenters. The van der Waals surface area contributed by atoms with Crippen molar-refractivity contribution in [3.8, 4) is 11.5 Å². The van der Waals surface area contributed by atoms with E-state index >= 15 is 0 Å². The van der Waals surface area contributed by atoms with Crippen molar-refractivity contribution in [2.45, 2.75) is 18.4 Å². The molecule has 0 heterocycles. The molecule has 1 aliphatic rings. The van der Waals surface area contributed by atoms with Crippen molar-refractivity contribution < 1.29 is 14.3 Å². The Morgan fingerprint density at radius 1 is 1.08 bits per heavy atom. The van der Waals surface area contributed by atoms with Crippen molar-refractivity contribution >= 4 is 23.3 Å². The summed E-state index contributed by atoms with van der Waals surface area (Å²) in [6, 6.07) is 12.9. The summed E-state index contributed by atoms with van der Waals surface area (Å²) < 4.78 is 10.5. The van der Waals surface area contributed by atoms with Gasteiger partial charge in [-0.1, -0.05) is 41.9 Å². The Labute approximate surface area is 145 Å². The topological polar surface area (TPSA) is 59.6 Å². The van der Waals surface area contributed by atoms with E-state index < -0.39 is 0 Å². The molecule has 2 N–H and O–H groups in total. The van der Waals surface area contributed by atoms with Crippen molar-refractivity contribution in [1.29, 1.82) is 0 Å². The van der Waals surface area contributed by atoms with Gasteiger partial charge in [0.15, 0.2) is 0 Å². The lowest BCUT2D eigenvalue weighted by Gasteiger charge is -2.19. The van der Waals surface area contributed by atoms with Crippen LogP contribution in [0.15, 0.2) is 42.5 Å². The van der Waals surface area contributed by atoms with Gasteiger partial charge < -0.3 is 20.1 Å². The van der Waals surface area contributed by atoms with Gasteiger partial charge in [0.1, 0.15) is 11.5 Å². The fourth-order valence-electron chi connectivity index (χ4n) is 2.70. The number of amides is 2. The molecule has 0 radical (unpaired) electrons. The molecule has 0 aliphatic heterocycles. The van der Waals surface area contributed by atoms with Gasteiger partial charge in [-0.2, -0.15) is 0 Å². The zero-order chi connectivity index (χ0) is 17.2. The molecule has 3 rings (SSSR count). The fraction of sp³-hybridized carbons (Fsp3) is 0.278. The van der Waals surface area contributed by atoms with Crippen LogP contribution in [0.25, 0.3) is 0 Å². The Hall–Kier alpha value is -2.40. The summed E-state index contributed by atoms with van der Waals surface area (Å²) in [5.74, 6) is 0.942. The number of carbonyl (C=O) groups is 1. The molecule has 24 heavy (non-hydrogen) atoms. The van der Waals surface area contributed by atoms with E-state index in [1.54, 1.807) is 12.1 Å². The van der Waals surface area contributed by atoms with Crippen molar-refractivity contribution in [2.24, 2.45) is 0 Å². The van der Waals surface area contributed by atoms with Crippen molar-refractivity contribution in [3.63, 3.8) is 0 Å². The first-order valence-corrected chi connectivity index (χ1v) is 8.02. The standard InChI is InChI=1S/C18H19ClN2O3/c1-23-15-11-14(16(24-2)10-13(15)19)20-17(22)21-18(8-9-18)12-6-4-3-5-7-12/h3-7,10-11H,8-9H2,1-2H3,(H2,20,21,22). The summed E-state index contributed by atoms with van der Waals surface area (Å²) in [5, 5.41) is 6.29. The molecule has 0 spiro atoms. The number of rotatable bonds is 5. The third kappa shape index (κ3) is 3.26. The highest BCUT2D eigenvalue weighted by molar-refractivity contribution is 6.32. The lowest BCUT2D eigenvalue weighted by molar-refractivity contribution is 0.247. The molecule has 2 amide bonds. The molecule has 1 fully saturated rings. The molecule has 2 aromatic carbocycles. The van der Waals surface area contributed by atoms with E-state index in [-0.39, 0.29) is 11.6 Å². The second-order valence-electron chi connectivity index (χ2n) is 5.71. The Kier molecular flexibility index (Phi) is 4.53. The minimum atomic E-state index is -0.293. The van der Waals surface area contributed by atoms with E-state index in [2.05, 4.69) is 10.6 Å². The van der Waals surface area contributed by atoms with Crippen molar-refractivity contribution in [1.82, 2.24) is 5.32 Å². The Morgan fingerprint density at radius 3 is 2.33 bits per heavy atom. The number of ether oxygens (including phenoxy) is 2. The third-order valence-electron chi connectivity index (χ3n) is 4.15. The minimum Gasteiger partial charge on any atom is -0.495 e. The van der Waals surface area contributed by atoms with Gasteiger partial charge in [-0.3, -0.25) is 0 Å². The summed E-state index contributed by atoms with van der Waals surface area (Å²) in [4.78, 5) is 12.4. The number of nitrogens with one attached hydrogen (secondary N) is 2. The highest BCUT2D eigenvalue weighted by atomic mass is 35.5. The molecule has 6 heteroatoms. The second kappa shape index (κ2) is 6.61. The lowest BCUT2D eigenvalue weighted by Crippen LogP contribution is -2.38. The van der Waals surface area contributed by atoms with Gasteiger partial charge in [0.05, 0.1) is 30.5 Å². The van der Waals surface area contributed by atoms with Crippen LogP contribution in [0, 0.1) is 0 Å². The quantitative estimate of drug-likeness (QED) is 0.854. The number of benzene rings is 2. The normalized spacial score (nSPS) is 14.6. The highest BCUT2D eigenvalue weighted by Gasteiger charge is 2.45. The molecule has 126 valence electrons. The van der Waals surface area contributed by atoms with E-state index in [1.807, 2.05) is 30.3 Å². The maximum atomic E-state index is 12.4. The number of urea groups is 1. The molecule has 5 nitrogen and oxygen atoms in total. The average Bonchev–Trinajstić information content (AvgIpc) is 3.37. The fourth-order valence-corrected chi connectivity index (χ4v) is 2.93. The maximum Gasteiger partial charge on any atom is 0.320 e. The molecular formula is C18H19ClN2O3. The van der Waals surface area contributed by atoms with Crippen LogP contribution in [0.1, 0.15) is 18.4 Å². The second-order valence-corrected chi connectivity index (χ2v) is 6.12. The molecule has 2 aromatic rings. The summed E-state index contributed by atoms with van der Waals surface area (Å²) in [6.07, 6.45) is 1.84. The van der Waals surface area contributed by atoms with Gasteiger partial charge in [0.25, 0.3) is 0 Å². The van der Waals surface area contributed by atoms with Crippen molar-refractivity contribution in [3.05, 3.63) is 53.1 Å². The number of hydrogen-bond donors (Lipinski definition) is 2. The Bertz CT molecular complexity index is 745. The van der Waals surface area contributed by atoms with E-state index in [4.69, 9.17) is 21.1 Å². The smallest absolute Gasteiger partial charge is 0.320 e. The summed E-state index contributed by atoms with van der Waals surface area (Å²) in [7, 11) is 3.04. The average molecular weight is 347 g/mol.